The largest absolute Gasteiger partial charge is 0.438 e. The maximum absolute atomic E-state index is 9.17. The smallest absolute Gasteiger partial charge is 0.224 e. The summed E-state index contributed by atoms with van der Waals surface area (Å²) >= 11 is 0. The molecule has 0 saturated carbocycles. The van der Waals surface area contributed by atoms with Gasteiger partial charge in [-0.15, -0.1) is 0 Å². The summed E-state index contributed by atoms with van der Waals surface area (Å²) < 4.78 is 7.80. The van der Waals surface area contributed by atoms with Crippen LogP contribution in [0.15, 0.2) is 24.3 Å². The summed E-state index contributed by atoms with van der Waals surface area (Å²) in [6, 6.07) is 9.85. The number of anilines is 1. The quantitative estimate of drug-likeness (QED) is 0.919. The van der Waals surface area contributed by atoms with E-state index in [0.717, 1.165) is 23.3 Å². The standard InChI is InChI=1S/C16H19N3O/c1-4-7-19-13(10-17)9-14(18)16(19)20-15-8-11(2)5-6-12(15)3/h5-6,8-9H,4,7,18H2,1-3H3. The van der Waals surface area contributed by atoms with Gasteiger partial charge in [-0.25, -0.2) is 0 Å². The third kappa shape index (κ3) is 2.62. The minimum atomic E-state index is 0.496. The van der Waals surface area contributed by atoms with E-state index in [1.165, 1.54) is 0 Å². The lowest BCUT2D eigenvalue weighted by molar-refractivity contribution is 0.425. The van der Waals surface area contributed by atoms with Crippen molar-refractivity contribution in [2.24, 2.45) is 0 Å². The molecule has 1 heterocycles. The monoisotopic (exact) mass is 269 g/mol. The van der Waals surface area contributed by atoms with Crippen molar-refractivity contribution in [2.75, 3.05) is 5.73 Å². The van der Waals surface area contributed by atoms with Gasteiger partial charge in [0.25, 0.3) is 0 Å². The Bertz CT molecular complexity index is 665. The molecule has 0 radical (unpaired) electrons. The molecule has 0 unspecified atom stereocenters. The van der Waals surface area contributed by atoms with Crippen molar-refractivity contribution in [3.05, 3.63) is 41.1 Å². The van der Waals surface area contributed by atoms with Crippen molar-refractivity contribution in [3.8, 4) is 17.7 Å². The topological polar surface area (TPSA) is 64.0 Å². The molecule has 4 nitrogen and oxygen atoms in total. The fourth-order valence-electron chi connectivity index (χ4n) is 2.13. The molecule has 0 amide bonds. The number of aromatic nitrogens is 1. The van der Waals surface area contributed by atoms with Crippen LogP contribution in [-0.4, -0.2) is 4.57 Å². The highest BCUT2D eigenvalue weighted by molar-refractivity contribution is 5.57. The Morgan fingerprint density at radius 2 is 2.05 bits per heavy atom. The lowest BCUT2D eigenvalue weighted by atomic mass is 10.1. The third-order valence-corrected chi connectivity index (χ3v) is 3.19. The van der Waals surface area contributed by atoms with Gasteiger partial charge in [-0.05, 0) is 37.5 Å². The van der Waals surface area contributed by atoms with Crippen LogP contribution in [0.2, 0.25) is 0 Å². The van der Waals surface area contributed by atoms with Crippen LogP contribution in [0.1, 0.15) is 30.2 Å². The van der Waals surface area contributed by atoms with Gasteiger partial charge in [0.1, 0.15) is 17.5 Å². The fourth-order valence-corrected chi connectivity index (χ4v) is 2.13. The van der Waals surface area contributed by atoms with Crippen LogP contribution < -0.4 is 10.5 Å². The summed E-state index contributed by atoms with van der Waals surface area (Å²) in [7, 11) is 0. The SMILES string of the molecule is CCCn1c(C#N)cc(N)c1Oc1cc(C)ccc1C. The second-order valence-electron chi connectivity index (χ2n) is 4.92. The molecule has 1 aromatic carbocycles. The first-order valence-electron chi connectivity index (χ1n) is 6.71. The van der Waals surface area contributed by atoms with Crippen LogP contribution in [0.4, 0.5) is 5.69 Å². The average molecular weight is 269 g/mol. The molecule has 2 aromatic rings. The number of hydrogen-bond donors (Lipinski definition) is 1. The van der Waals surface area contributed by atoms with Crippen molar-refractivity contribution in [3.63, 3.8) is 0 Å². The summed E-state index contributed by atoms with van der Waals surface area (Å²) in [5.41, 5.74) is 9.18. The molecule has 0 fully saturated rings. The van der Waals surface area contributed by atoms with Crippen molar-refractivity contribution in [1.29, 1.82) is 5.26 Å². The second-order valence-corrected chi connectivity index (χ2v) is 4.92. The molecule has 2 N–H and O–H groups in total. The Hall–Kier alpha value is -2.41. The minimum Gasteiger partial charge on any atom is -0.438 e. The number of nitriles is 1. The van der Waals surface area contributed by atoms with Crippen molar-refractivity contribution in [1.82, 2.24) is 4.57 Å². The Kier molecular flexibility index (Phi) is 3.99. The van der Waals surface area contributed by atoms with Gasteiger partial charge in [0, 0.05) is 12.6 Å². The van der Waals surface area contributed by atoms with Gasteiger partial charge in [0.05, 0.1) is 5.69 Å². The maximum Gasteiger partial charge on any atom is 0.224 e. The van der Waals surface area contributed by atoms with Crippen LogP contribution >= 0.6 is 0 Å². The Balaban J connectivity index is 2.45. The normalized spacial score (nSPS) is 10.3. The maximum atomic E-state index is 9.17. The molecule has 20 heavy (non-hydrogen) atoms. The van der Waals surface area contributed by atoms with Gasteiger partial charge in [0.2, 0.25) is 5.88 Å². The zero-order chi connectivity index (χ0) is 14.7. The van der Waals surface area contributed by atoms with Crippen LogP contribution in [0.25, 0.3) is 0 Å². The van der Waals surface area contributed by atoms with E-state index in [-0.39, 0.29) is 0 Å². The molecule has 0 spiro atoms. The van der Waals surface area contributed by atoms with E-state index >= 15 is 0 Å². The number of nitrogens with two attached hydrogens (primary N) is 1. The van der Waals surface area contributed by atoms with Crippen LogP contribution in [-0.2, 0) is 6.54 Å². The molecule has 0 atom stereocenters. The summed E-state index contributed by atoms with van der Waals surface area (Å²) in [4.78, 5) is 0. The second kappa shape index (κ2) is 5.70. The summed E-state index contributed by atoms with van der Waals surface area (Å²) in [6.45, 7) is 6.77. The molecule has 0 aliphatic heterocycles. The Morgan fingerprint density at radius 1 is 1.30 bits per heavy atom. The first-order valence-corrected chi connectivity index (χ1v) is 6.71. The fraction of sp³-hybridized carbons (Fsp3) is 0.312. The van der Waals surface area contributed by atoms with Gasteiger partial charge in [-0.1, -0.05) is 19.1 Å². The van der Waals surface area contributed by atoms with E-state index in [0.29, 0.717) is 23.8 Å². The first kappa shape index (κ1) is 14.0. The van der Waals surface area contributed by atoms with E-state index in [1.54, 1.807) is 6.07 Å². The van der Waals surface area contributed by atoms with Gasteiger partial charge in [0.15, 0.2) is 0 Å². The number of rotatable bonds is 4. The molecule has 0 aliphatic rings. The van der Waals surface area contributed by atoms with E-state index < -0.39 is 0 Å². The van der Waals surface area contributed by atoms with Crippen LogP contribution in [0.3, 0.4) is 0 Å². The van der Waals surface area contributed by atoms with Crippen LogP contribution in [0, 0.1) is 25.2 Å². The van der Waals surface area contributed by atoms with Gasteiger partial charge >= 0.3 is 0 Å². The highest BCUT2D eigenvalue weighted by atomic mass is 16.5. The average Bonchev–Trinajstić information content (AvgIpc) is 2.71. The molecule has 2 rings (SSSR count). The third-order valence-electron chi connectivity index (χ3n) is 3.19. The number of ether oxygens (including phenoxy) is 1. The zero-order valence-electron chi connectivity index (χ0n) is 12.1. The molecule has 0 aliphatic carbocycles. The molecule has 1 aromatic heterocycles. The van der Waals surface area contributed by atoms with Gasteiger partial charge in [-0.2, -0.15) is 5.26 Å². The van der Waals surface area contributed by atoms with Gasteiger partial charge in [-0.3, -0.25) is 0 Å². The lowest BCUT2D eigenvalue weighted by Gasteiger charge is -2.13. The summed E-state index contributed by atoms with van der Waals surface area (Å²) in [5.74, 6) is 1.33. The van der Waals surface area contributed by atoms with Gasteiger partial charge < -0.3 is 15.0 Å². The van der Waals surface area contributed by atoms with Crippen molar-refractivity contribution >= 4 is 5.69 Å². The van der Waals surface area contributed by atoms with E-state index in [9.17, 15) is 0 Å². The molecular weight excluding hydrogens is 250 g/mol. The number of nitrogens with zero attached hydrogens (tertiary/aromatic N) is 2. The number of hydrogen-bond acceptors (Lipinski definition) is 3. The van der Waals surface area contributed by atoms with E-state index in [1.807, 2.05) is 36.6 Å². The Morgan fingerprint density at radius 3 is 2.70 bits per heavy atom. The molecular formula is C16H19N3O. The van der Waals surface area contributed by atoms with Crippen molar-refractivity contribution in [2.45, 2.75) is 33.7 Å². The highest BCUT2D eigenvalue weighted by Gasteiger charge is 2.15. The molecule has 0 saturated heterocycles. The predicted molar refractivity (Wildman–Crippen MR) is 79.8 cm³/mol. The Labute approximate surface area is 119 Å². The number of aryl methyl sites for hydroxylation is 2. The summed E-state index contributed by atoms with van der Waals surface area (Å²) in [5, 5.41) is 9.17. The first-order chi connectivity index (χ1) is 9.56. The molecule has 4 heteroatoms. The molecule has 104 valence electrons. The highest BCUT2D eigenvalue weighted by Crippen LogP contribution is 2.33. The number of benzene rings is 1. The summed E-state index contributed by atoms with van der Waals surface area (Å²) in [6.07, 6.45) is 0.909. The van der Waals surface area contributed by atoms with E-state index in [2.05, 4.69) is 13.0 Å². The molecule has 0 bridgehead atoms. The number of nitrogen functional groups attached to an aromatic ring is 1. The van der Waals surface area contributed by atoms with Crippen LogP contribution in [0.5, 0.6) is 11.6 Å². The zero-order valence-corrected chi connectivity index (χ0v) is 12.1. The van der Waals surface area contributed by atoms with E-state index in [4.69, 9.17) is 15.7 Å². The minimum absolute atomic E-state index is 0.496. The lowest BCUT2D eigenvalue weighted by Crippen LogP contribution is -2.03. The van der Waals surface area contributed by atoms with Crippen molar-refractivity contribution < 1.29 is 4.74 Å². The predicted octanol–water partition coefficient (Wildman–Crippen LogP) is 3.76.